The van der Waals surface area contributed by atoms with Crippen molar-refractivity contribution < 1.29 is 22.7 Å². The summed E-state index contributed by atoms with van der Waals surface area (Å²) in [5.41, 5.74) is 4.86. The van der Waals surface area contributed by atoms with E-state index < -0.39 is 16.0 Å². The van der Waals surface area contributed by atoms with Crippen LogP contribution in [0.4, 0.5) is 10.1 Å². The zero-order chi connectivity index (χ0) is 27.6. The third kappa shape index (κ3) is 5.84. The van der Waals surface area contributed by atoms with Crippen LogP contribution >= 0.6 is 0 Å². The minimum atomic E-state index is -3.78. The van der Waals surface area contributed by atoms with E-state index in [0.29, 0.717) is 24.1 Å². The highest BCUT2D eigenvalue weighted by Gasteiger charge is 2.16. The van der Waals surface area contributed by atoms with Crippen LogP contribution in [0.25, 0.3) is 21.9 Å². The number of carbonyl (C=O) groups is 1. The number of rotatable bonds is 8. The number of carboxylic acids is 1. The molecule has 0 heterocycles. The molecule has 5 nitrogen and oxygen atoms in total. The summed E-state index contributed by atoms with van der Waals surface area (Å²) >= 11 is 0. The number of halogens is 1. The molecule has 0 aromatic heterocycles. The number of hydrogen-bond acceptors (Lipinski definition) is 3. The number of anilines is 1. The Balaban J connectivity index is 1.43. The van der Waals surface area contributed by atoms with E-state index in [9.17, 15) is 22.7 Å². The number of sulfonamides is 1. The van der Waals surface area contributed by atoms with Gasteiger partial charge in [-0.3, -0.25) is 4.72 Å². The van der Waals surface area contributed by atoms with Crippen molar-refractivity contribution in [1.82, 2.24) is 0 Å². The topological polar surface area (TPSA) is 83.5 Å². The van der Waals surface area contributed by atoms with Gasteiger partial charge in [-0.2, -0.15) is 0 Å². The van der Waals surface area contributed by atoms with Gasteiger partial charge in [0.2, 0.25) is 0 Å². The van der Waals surface area contributed by atoms with Crippen LogP contribution in [0.15, 0.2) is 108 Å². The van der Waals surface area contributed by atoms with Crippen molar-refractivity contribution in [1.29, 1.82) is 0 Å². The highest BCUT2D eigenvalue weighted by molar-refractivity contribution is 7.92. The van der Waals surface area contributed by atoms with Crippen LogP contribution in [0.2, 0.25) is 0 Å². The summed E-state index contributed by atoms with van der Waals surface area (Å²) in [5.74, 6) is -1.35. The fourth-order valence-corrected chi connectivity index (χ4v) is 5.68. The Morgan fingerprint density at radius 2 is 1.54 bits per heavy atom. The Morgan fingerprint density at radius 3 is 2.26 bits per heavy atom. The number of aromatic carboxylic acids is 1. The number of hydrogen-bond donors (Lipinski definition) is 2. The van der Waals surface area contributed by atoms with Gasteiger partial charge in [-0.15, -0.1) is 0 Å². The van der Waals surface area contributed by atoms with Crippen LogP contribution in [0, 0.1) is 12.7 Å². The number of fused-ring (bicyclic) bond motifs is 1. The molecule has 5 rings (SSSR count). The molecule has 0 aliphatic carbocycles. The fourth-order valence-electron chi connectivity index (χ4n) is 4.60. The van der Waals surface area contributed by atoms with E-state index in [2.05, 4.69) is 4.72 Å². The second-order valence-electron chi connectivity index (χ2n) is 9.46. The molecule has 0 unspecified atom stereocenters. The van der Waals surface area contributed by atoms with Gasteiger partial charge in [0.25, 0.3) is 10.0 Å². The van der Waals surface area contributed by atoms with Crippen LogP contribution in [0.1, 0.15) is 27.0 Å². The van der Waals surface area contributed by atoms with Gasteiger partial charge in [0.1, 0.15) is 5.82 Å². The molecule has 0 fully saturated rings. The Labute approximate surface area is 226 Å². The first-order valence-electron chi connectivity index (χ1n) is 12.4. The first-order chi connectivity index (χ1) is 18.7. The molecule has 0 saturated carbocycles. The number of aryl methyl sites for hydroxylation is 3. The molecule has 0 amide bonds. The van der Waals surface area contributed by atoms with E-state index in [1.165, 1.54) is 12.1 Å². The molecule has 0 saturated heterocycles. The lowest BCUT2D eigenvalue weighted by Crippen LogP contribution is -2.13. The fraction of sp³-hybridized carbons (Fsp3) is 0.0938. The summed E-state index contributed by atoms with van der Waals surface area (Å²) < 4.78 is 42.2. The summed E-state index contributed by atoms with van der Waals surface area (Å²) in [5, 5.41) is 11.4. The van der Waals surface area contributed by atoms with Crippen molar-refractivity contribution in [2.45, 2.75) is 24.7 Å². The average molecular weight is 540 g/mol. The minimum Gasteiger partial charge on any atom is -0.478 e. The number of benzene rings is 5. The van der Waals surface area contributed by atoms with Gasteiger partial charge in [-0.05, 0) is 89.9 Å². The van der Waals surface area contributed by atoms with Gasteiger partial charge in [0.15, 0.2) is 0 Å². The molecule has 196 valence electrons. The van der Waals surface area contributed by atoms with E-state index in [1.807, 2.05) is 37.3 Å². The number of carboxylic acid groups (broad SMARTS) is 1. The van der Waals surface area contributed by atoms with Crippen LogP contribution in [0.5, 0.6) is 0 Å². The Morgan fingerprint density at radius 1 is 0.821 bits per heavy atom. The van der Waals surface area contributed by atoms with Gasteiger partial charge < -0.3 is 5.11 Å². The standard InChI is InChI=1S/C32H26FNO4S/c1-21-5-16-28(17-6-21)39(37,38)34-31-4-2-3-24-9-7-22(19-30(24)31)8-10-26-20-25(13-18-29(26)32(35)36)23-11-14-27(33)15-12-23/h2-7,9,11-20,34H,8,10H2,1H3,(H,35,36). The van der Waals surface area contributed by atoms with Crippen LogP contribution in [-0.4, -0.2) is 19.5 Å². The molecular formula is C32H26FNO4S. The lowest BCUT2D eigenvalue weighted by Gasteiger charge is -2.13. The largest absolute Gasteiger partial charge is 0.478 e. The van der Waals surface area contributed by atoms with Crippen molar-refractivity contribution in [3.8, 4) is 11.1 Å². The highest BCUT2D eigenvalue weighted by atomic mass is 32.2. The molecule has 7 heteroatoms. The maximum Gasteiger partial charge on any atom is 0.335 e. The molecule has 0 radical (unpaired) electrons. The van der Waals surface area contributed by atoms with Crippen molar-refractivity contribution in [2.24, 2.45) is 0 Å². The summed E-state index contributed by atoms with van der Waals surface area (Å²) in [7, 11) is -3.78. The third-order valence-corrected chi connectivity index (χ3v) is 8.10. The molecule has 39 heavy (non-hydrogen) atoms. The highest BCUT2D eigenvalue weighted by Crippen LogP contribution is 2.29. The van der Waals surface area contributed by atoms with Crippen molar-refractivity contribution in [2.75, 3.05) is 4.72 Å². The van der Waals surface area contributed by atoms with Crippen molar-refractivity contribution in [3.05, 3.63) is 131 Å². The van der Waals surface area contributed by atoms with Gasteiger partial charge in [0, 0.05) is 5.39 Å². The molecule has 5 aromatic carbocycles. The van der Waals surface area contributed by atoms with E-state index in [0.717, 1.165) is 33.0 Å². The van der Waals surface area contributed by atoms with Gasteiger partial charge >= 0.3 is 5.97 Å². The SMILES string of the molecule is Cc1ccc(S(=O)(=O)Nc2cccc3ccc(CCc4cc(-c5ccc(F)cc5)ccc4C(=O)O)cc23)cc1. The van der Waals surface area contributed by atoms with Crippen LogP contribution in [-0.2, 0) is 22.9 Å². The quantitative estimate of drug-likeness (QED) is 0.218. The monoisotopic (exact) mass is 539 g/mol. The zero-order valence-corrected chi connectivity index (χ0v) is 22.0. The van der Waals surface area contributed by atoms with E-state index in [1.54, 1.807) is 60.7 Å². The first-order valence-corrected chi connectivity index (χ1v) is 13.9. The minimum absolute atomic E-state index is 0.184. The van der Waals surface area contributed by atoms with Gasteiger partial charge in [-0.1, -0.05) is 66.2 Å². The predicted octanol–water partition coefficient (Wildman–Crippen LogP) is 7.24. The molecule has 0 aliphatic heterocycles. The first kappa shape index (κ1) is 26.1. The predicted molar refractivity (Wildman–Crippen MR) is 152 cm³/mol. The van der Waals surface area contributed by atoms with Crippen molar-refractivity contribution >= 4 is 32.5 Å². The maximum atomic E-state index is 13.4. The number of nitrogens with one attached hydrogen (secondary N) is 1. The maximum absolute atomic E-state index is 13.4. The molecule has 0 aliphatic rings. The Bertz CT molecular complexity index is 1780. The molecule has 0 bridgehead atoms. The Hall–Kier alpha value is -4.49. The van der Waals surface area contributed by atoms with Crippen LogP contribution in [0.3, 0.4) is 0 Å². The van der Waals surface area contributed by atoms with E-state index in [4.69, 9.17) is 0 Å². The molecule has 0 spiro atoms. The second-order valence-corrected chi connectivity index (χ2v) is 11.1. The van der Waals surface area contributed by atoms with E-state index >= 15 is 0 Å². The van der Waals surface area contributed by atoms with Crippen molar-refractivity contribution in [3.63, 3.8) is 0 Å². The lowest BCUT2D eigenvalue weighted by atomic mass is 9.94. The summed E-state index contributed by atoms with van der Waals surface area (Å²) in [4.78, 5) is 12.1. The Kier molecular flexibility index (Phi) is 7.17. The zero-order valence-electron chi connectivity index (χ0n) is 21.2. The molecular weight excluding hydrogens is 513 g/mol. The van der Waals surface area contributed by atoms with Crippen LogP contribution < -0.4 is 4.72 Å². The summed E-state index contributed by atoms with van der Waals surface area (Å²) in [6.45, 7) is 1.90. The molecule has 0 atom stereocenters. The third-order valence-electron chi connectivity index (χ3n) is 6.72. The summed E-state index contributed by atoms with van der Waals surface area (Å²) in [6, 6.07) is 29.2. The smallest absolute Gasteiger partial charge is 0.335 e. The van der Waals surface area contributed by atoms with E-state index in [-0.39, 0.29) is 16.3 Å². The second kappa shape index (κ2) is 10.7. The average Bonchev–Trinajstić information content (AvgIpc) is 2.92. The lowest BCUT2D eigenvalue weighted by molar-refractivity contribution is 0.0695. The molecule has 2 N–H and O–H groups in total. The van der Waals surface area contributed by atoms with Gasteiger partial charge in [-0.25, -0.2) is 17.6 Å². The normalized spacial score (nSPS) is 11.4. The molecule has 5 aromatic rings. The summed E-state index contributed by atoms with van der Waals surface area (Å²) in [6.07, 6.45) is 1.00. The van der Waals surface area contributed by atoms with Gasteiger partial charge in [0.05, 0.1) is 16.1 Å².